The minimum atomic E-state index is -0.216. The molecule has 0 bridgehead atoms. The van der Waals surface area contributed by atoms with Crippen LogP contribution in [0.3, 0.4) is 0 Å². The molecule has 0 saturated carbocycles. The van der Waals surface area contributed by atoms with Crippen LogP contribution in [0.2, 0.25) is 0 Å². The lowest BCUT2D eigenvalue weighted by atomic mass is 10.00. The van der Waals surface area contributed by atoms with Crippen molar-refractivity contribution in [1.82, 2.24) is 9.80 Å². The first-order valence-corrected chi connectivity index (χ1v) is 9.94. The highest BCUT2D eigenvalue weighted by molar-refractivity contribution is 8.00. The minimum absolute atomic E-state index is 0.0429. The maximum absolute atomic E-state index is 12.8. The summed E-state index contributed by atoms with van der Waals surface area (Å²) in [7, 11) is 0. The summed E-state index contributed by atoms with van der Waals surface area (Å²) in [5, 5.41) is 0. The predicted molar refractivity (Wildman–Crippen MR) is 101 cm³/mol. The Morgan fingerprint density at radius 3 is 2.50 bits per heavy atom. The van der Waals surface area contributed by atoms with Crippen LogP contribution in [-0.4, -0.2) is 51.9 Å². The van der Waals surface area contributed by atoms with Crippen molar-refractivity contribution in [2.75, 3.05) is 25.4 Å². The van der Waals surface area contributed by atoms with Crippen LogP contribution in [0.4, 0.5) is 0 Å². The summed E-state index contributed by atoms with van der Waals surface area (Å²) < 4.78 is 5.31. The number of piperidine rings is 1. The fourth-order valence-electron chi connectivity index (χ4n) is 3.89. The van der Waals surface area contributed by atoms with Crippen molar-refractivity contribution in [3.8, 4) is 0 Å². The standard InChI is InChI=1S/C20H22N2O3S/c1-15-5-2-3-6-16(15)18(23)21-10-8-20(9-11-21)22(12-14-26-20)19(24)17-7-4-13-25-17/h2-7,13H,8-12,14H2,1H3. The number of hydrogen-bond acceptors (Lipinski definition) is 4. The van der Waals surface area contributed by atoms with Crippen LogP contribution in [-0.2, 0) is 0 Å². The van der Waals surface area contributed by atoms with Gasteiger partial charge in [0, 0.05) is 31.0 Å². The van der Waals surface area contributed by atoms with Gasteiger partial charge in [-0.1, -0.05) is 18.2 Å². The van der Waals surface area contributed by atoms with Crippen molar-refractivity contribution in [3.05, 3.63) is 59.5 Å². The Morgan fingerprint density at radius 2 is 1.81 bits per heavy atom. The molecule has 26 heavy (non-hydrogen) atoms. The van der Waals surface area contributed by atoms with E-state index in [1.54, 1.807) is 12.1 Å². The molecule has 5 nitrogen and oxygen atoms in total. The van der Waals surface area contributed by atoms with E-state index in [-0.39, 0.29) is 16.7 Å². The van der Waals surface area contributed by atoms with Gasteiger partial charge in [-0.3, -0.25) is 9.59 Å². The Balaban J connectivity index is 1.48. The molecular weight excluding hydrogens is 348 g/mol. The number of rotatable bonds is 2. The molecule has 136 valence electrons. The molecule has 1 aromatic carbocycles. The molecule has 1 spiro atoms. The Bertz CT molecular complexity index is 810. The summed E-state index contributed by atoms with van der Waals surface area (Å²) in [4.78, 5) is 29.3. The van der Waals surface area contributed by atoms with Gasteiger partial charge in [-0.25, -0.2) is 0 Å². The summed E-state index contributed by atoms with van der Waals surface area (Å²) in [5.74, 6) is 1.37. The third-order valence-corrected chi connectivity index (χ3v) is 6.91. The second-order valence-electron chi connectivity index (χ2n) is 6.84. The van der Waals surface area contributed by atoms with E-state index < -0.39 is 0 Å². The number of nitrogens with zero attached hydrogens (tertiary/aromatic N) is 2. The number of carbonyl (C=O) groups is 2. The van der Waals surface area contributed by atoms with Crippen LogP contribution < -0.4 is 0 Å². The van der Waals surface area contributed by atoms with E-state index in [9.17, 15) is 9.59 Å². The molecule has 0 N–H and O–H groups in total. The lowest BCUT2D eigenvalue weighted by Gasteiger charge is -2.43. The van der Waals surface area contributed by atoms with Gasteiger partial charge in [0.1, 0.15) is 0 Å². The van der Waals surface area contributed by atoms with Gasteiger partial charge < -0.3 is 14.2 Å². The van der Waals surface area contributed by atoms with Crippen LogP contribution in [0.25, 0.3) is 0 Å². The number of furan rings is 1. The van der Waals surface area contributed by atoms with Crippen LogP contribution in [0.5, 0.6) is 0 Å². The highest BCUT2D eigenvalue weighted by atomic mass is 32.2. The summed E-state index contributed by atoms with van der Waals surface area (Å²) in [6.07, 6.45) is 3.12. The maximum Gasteiger partial charge on any atom is 0.290 e. The quantitative estimate of drug-likeness (QED) is 0.813. The van der Waals surface area contributed by atoms with E-state index in [2.05, 4.69) is 0 Å². The molecule has 0 radical (unpaired) electrons. The summed E-state index contributed by atoms with van der Waals surface area (Å²) in [6, 6.07) is 11.2. The van der Waals surface area contributed by atoms with Gasteiger partial charge in [0.05, 0.1) is 11.1 Å². The highest BCUT2D eigenvalue weighted by Gasteiger charge is 2.47. The molecule has 1 aromatic heterocycles. The van der Waals surface area contributed by atoms with Gasteiger partial charge >= 0.3 is 0 Å². The van der Waals surface area contributed by atoms with Gasteiger partial charge in [0.2, 0.25) is 0 Å². The third-order valence-electron chi connectivity index (χ3n) is 5.36. The smallest absolute Gasteiger partial charge is 0.290 e. The average molecular weight is 370 g/mol. The molecule has 2 saturated heterocycles. The summed E-state index contributed by atoms with van der Waals surface area (Å²) in [6.45, 7) is 4.04. The molecule has 2 aliphatic heterocycles. The molecule has 2 fully saturated rings. The Kier molecular flexibility index (Phi) is 4.53. The van der Waals surface area contributed by atoms with Gasteiger partial charge in [0.25, 0.3) is 11.8 Å². The second-order valence-corrected chi connectivity index (χ2v) is 8.29. The molecule has 0 atom stereocenters. The van der Waals surface area contributed by atoms with Crippen LogP contribution in [0.15, 0.2) is 47.1 Å². The Hall–Kier alpha value is -2.21. The van der Waals surface area contributed by atoms with Crippen molar-refractivity contribution in [3.63, 3.8) is 0 Å². The largest absolute Gasteiger partial charge is 0.459 e. The zero-order chi connectivity index (χ0) is 18.1. The first-order valence-electron chi connectivity index (χ1n) is 8.95. The van der Waals surface area contributed by atoms with E-state index in [1.165, 1.54) is 6.26 Å². The molecule has 3 heterocycles. The molecule has 4 rings (SSSR count). The second kappa shape index (κ2) is 6.83. The van der Waals surface area contributed by atoms with E-state index in [0.29, 0.717) is 18.8 Å². The Labute approximate surface area is 157 Å². The van der Waals surface area contributed by atoms with Crippen molar-refractivity contribution >= 4 is 23.6 Å². The van der Waals surface area contributed by atoms with E-state index >= 15 is 0 Å². The number of amides is 2. The van der Waals surface area contributed by atoms with Crippen molar-refractivity contribution in [2.45, 2.75) is 24.6 Å². The lowest BCUT2D eigenvalue weighted by molar-refractivity contribution is 0.0477. The SMILES string of the molecule is Cc1ccccc1C(=O)N1CCC2(CC1)SCCN2C(=O)c1ccco1. The summed E-state index contributed by atoms with van der Waals surface area (Å²) in [5.41, 5.74) is 1.77. The number of aryl methyl sites for hydroxylation is 1. The number of carbonyl (C=O) groups excluding carboxylic acids is 2. The van der Waals surface area contributed by atoms with Crippen LogP contribution in [0.1, 0.15) is 39.3 Å². The summed E-state index contributed by atoms with van der Waals surface area (Å²) >= 11 is 1.84. The molecule has 6 heteroatoms. The maximum atomic E-state index is 12.8. The number of likely N-dealkylation sites (tertiary alicyclic amines) is 1. The van der Waals surface area contributed by atoms with Crippen LogP contribution >= 0.6 is 11.8 Å². The van der Waals surface area contributed by atoms with Crippen molar-refractivity contribution in [1.29, 1.82) is 0 Å². The molecule has 2 aromatic rings. The minimum Gasteiger partial charge on any atom is -0.459 e. The van der Waals surface area contributed by atoms with E-state index in [4.69, 9.17) is 4.42 Å². The van der Waals surface area contributed by atoms with Crippen molar-refractivity contribution in [2.24, 2.45) is 0 Å². The van der Waals surface area contributed by atoms with Gasteiger partial charge in [-0.2, -0.15) is 0 Å². The molecule has 2 amide bonds. The average Bonchev–Trinajstić information content (AvgIpc) is 3.32. The number of benzene rings is 1. The molecular formula is C20H22N2O3S. The zero-order valence-electron chi connectivity index (χ0n) is 14.8. The van der Waals surface area contributed by atoms with Gasteiger partial charge in [-0.05, 0) is 43.5 Å². The van der Waals surface area contributed by atoms with Gasteiger partial charge in [0.15, 0.2) is 5.76 Å². The predicted octanol–water partition coefficient (Wildman–Crippen LogP) is 3.41. The molecule has 0 unspecified atom stereocenters. The normalized spacial score (nSPS) is 19.1. The first kappa shape index (κ1) is 17.2. The van der Waals surface area contributed by atoms with E-state index in [1.807, 2.05) is 52.8 Å². The zero-order valence-corrected chi connectivity index (χ0v) is 15.6. The molecule has 2 aliphatic rings. The van der Waals surface area contributed by atoms with Crippen LogP contribution in [0, 0.1) is 6.92 Å². The number of hydrogen-bond donors (Lipinski definition) is 0. The molecule has 0 aliphatic carbocycles. The van der Waals surface area contributed by atoms with Gasteiger partial charge in [-0.15, -0.1) is 11.8 Å². The highest BCUT2D eigenvalue weighted by Crippen LogP contribution is 2.44. The lowest BCUT2D eigenvalue weighted by Crippen LogP contribution is -2.53. The number of thioether (sulfide) groups is 1. The topological polar surface area (TPSA) is 53.8 Å². The monoisotopic (exact) mass is 370 g/mol. The Morgan fingerprint density at radius 1 is 1.04 bits per heavy atom. The first-order chi connectivity index (χ1) is 12.6. The van der Waals surface area contributed by atoms with E-state index in [0.717, 1.165) is 36.3 Å². The third kappa shape index (κ3) is 2.92. The van der Waals surface area contributed by atoms with Crippen molar-refractivity contribution < 1.29 is 14.0 Å². The fraction of sp³-hybridized carbons (Fsp3) is 0.400. The fourth-order valence-corrected chi connectivity index (χ4v) is 5.34.